The van der Waals surface area contributed by atoms with Crippen LogP contribution >= 0.6 is 0 Å². The number of hydrogen-bond donors (Lipinski definition) is 0. The largest absolute Gasteiger partial charge is 0.486 e. The summed E-state index contributed by atoms with van der Waals surface area (Å²) in [7, 11) is 0. The molecule has 1 aliphatic heterocycles. The minimum absolute atomic E-state index is 0.0963. The van der Waals surface area contributed by atoms with E-state index in [9.17, 15) is 4.79 Å². The van der Waals surface area contributed by atoms with Gasteiger partial charge in [0.25, 0.3) is 0 Å². The van der Waals surface area contributed by atoms with Crippen LogP contribution in [-0.4, -0.2) is 36.6 Å². The summed E-state index contributed by atoms with van der Waals surface area (Å²) < 4.78 is 11.6. The van der Waals surface area contributed by atoms with E-state index in [4.69, 9.17) is 9.47 Å². The predicted octanol–water partition coefficient (Wildman–Crippen LogP) is 2.72. The van der Waals surface area contributed by atoms with Gasteiger partial charge in [0.2, 0.25) is 5.91 Å². The Morgan fingerprint density at radius 1 is 1.35 bits per heavy atom. The molecule has 1 amide bonds. The van der Waals surface area contributed by atoms with Gasteiger partial charge in [-0.1, -0.05) is 26.0 Å². The van der Waals surface area contributed by atoms with Crippen LogP contribution in [-0.2, 0) is 4.79 Å². The molecule has 0 bridgehead atoms. The van der Waals surface area contributed by atoms with Gasteiger partial charge in [-0.15, -0.1) is 0 Å². The maximum absolute atomic E-state index is 12.1. The Bertz CT molecular complexity index is 459. The van der Waals surface area contributed by atoms with E-state index in [1.807, 2.05) is 36.1 Å². The van der Waals surface area contributed by atoms with Crippen molar-refractivity contribution in [2.24, 2.45) is 5.92 Å². The Hall–Kier alpha value is -1.71. The summed E-state index contributed by atoms with van der Waals surface area (Å²) in [5, 5.41) is 0. The van der Waals surface area contributed by atoms with Crippen LogP contribution < -0.4 is 9.47 Å². The normalized spacial score (nSPS) is 17.1. The van der Waals surface area contributed by atoms with Gasteiger partial charge in [0.05, 0.1) is 6.54 Å². The molecule has 1 aromatic carbocycles. The lowest BCUT2D eigenvalue weighted by Crippen LogP contribution is -2.43. The van der Waals surface area contributed by atoms with E-state index in [-0.39, 0.29) is 12.0 Å². The minimum atomic E-state index is -0.0963. The highest BCUT2D eigenvalue weighted by atomic mass is 16.6. The second kappa shape index (κ2) is 6.64. The molecule has 2 rings (SSSR count). The number of para-hydroxylation sites is 2. The second-order valence-electron chi connectivity index (χ2n) is 5.53. The summed E-state index contributed by atoms with van der Waals surface area (Å²) in [6.07, 6.45) is 0.485. The molecular formula is C16H23NO3. The third-order valence-corrected chi connectivity index (χ3v) is 3.31. The number of hydrogen-bond acceptors (Lipinski definition) is 3. The van der Waals surface area contributed by atoms with Crippen molar-refractivity contribution in [3.05, 3.63) is 24.3 Å². The molecule has 0 saturated heterocycles. The summed E-state index contributed by atoms with van der Waals surface area (Å²) in [6, 6.07) is 7.64. The molecule has 0 spiro atoms. The average Bonchev–Trinajstić information content (AvgIpc) is 2.43. The zero-order valence-corrected chi connectivity index (χ0v) is 12.5. The van der Waals surface area contributed by atoms with Gasteiger partial charge in [-0.3, -0.25) is 4.79 Å². The molecule has 110 valence electrons. The minimum Gasteiger partial charge on any atom is -0.486 e. The fraction of sp³-hybridized carbons (Fsp3) is 0.562. The first-order chi connectivity index (χ1) is 9.60. The molecule has 0 unspecified atom stereocenters. The van der Waals surface area contributed by atoms with E-state index < -0.39 is 0 Å². The fourth-order valence-electron chi connectivity index (χ4n) is 2.28. The maximum atomic E-state index is 12.1. The van der Waals surface area contributed by atoms with E-state index in [2.05, 4.69) is 13.8 Å². The van der Waals surface area contributed by atoms with Gasteiger partial charge >= 0.3 is 0 Å². The smallest absolute Gasteiger partial charge is 0.222 e. The molecule has 4 nitrogen and oxygen atoms in total. The fourth-order valence-corrected chi connectivity index (χ4v) is 2.28. The van der Waals surface area contributed by atoms with Gasteiger partial charge in [-0.05, 0) is 25.0 Å². The number of benzene rings is 1. The topological polar surface area (TPSA) is 38.8 Å². The summed E-state index contributed by atoms with van der Waals surface area (Å²) in [4.78, 5) is 14.0. The number of likely N-dealkylation sites (N-methyl/N-ethyl adjacent to an activating group) is 1. The third-order valence-electron chi connectivity index (χ3n) is 3.31. The molecule has 0 N–H and O–H groups in total. The zero-order chi connectivity index (χ0) is 14.5. The van der Waals surface area contributed by atoms with E-state index >= 15 is 0 Å². The van der Waals surface area contributed by atoms with Crippen molar-refractivity contribution >= 4 is 5.91 Å². The van der Waals surface area contributed by atoms with Crippen LogP contribution in [0.3, 0.4) is 0 Å². The Labute approximate surface area is 120 Å². The van der Waals surface area contributed by atoms with E-state index in [0.717, 1.165) is 11.5 Å². The molecule has 20 heavy (non-hydrogen) atoms. The molecule has 0 saturated carbocycles. The summed E-state index contributed by atoms with van der Waals surface area (Å²) >= 11 is 0. The quantitative estimate of drug-likeness (QED) is 0.830. The molecule has 0 aliphatic carbocycles. The van der Waals surface area contributed by atoms with Crippen LogP contribution in [0.1, 0.15) is 27.2 Å². The highest BCUT2D eigenvalue weighted by Crippen LogP contribution is 2.31. The molecule has 0 radical (unpaired) electrons. The van der Waals surface area contributed by atoms with Gasteiger partial charge < -0.3 is 14.4 Å². The van der Waals surface area contributed by atoms with Crippen LogP contribution in [0.2, 0.25) is 0 Å². The number of carbonyl (C=O) groups is 1. The SMILES string of the molecule is CCN(C[C@H]1COc2ccccc2O1)C(=O)CC(C)C. The average molecular weight is 277 g/mol. The third kappa shape index (κ3) is 3.65. The molecule has 0 aromatic heterocycles. The highest BCUT2D eigenvalue weighted by Gasteiger charge is 2.24. The number of carbonyl (C=O) groups excluding carboxylic acids is 1. The first kappa shape index (κ1) is 14.7. The van der Waals surface area contributed by atoms with Crippen molar-refractivity contribution in [1.29, 1.82) is 0 Å². The van der Waals surface area contributed by atoms with Crippen molar-refractivity contribution in [1.82, 2.24) is 4.90 Å². The van der Waals surface area contributed by atoms with Crippen molar-refractivity contribution in [2.45, 2.75) is 33.3 Å². The van der Waals surface area contributed by atoms with Crippen molar-refractivity contribution < 1.29 is 14.3 Å². The lowest BCUT2D eigenvalue weighted by atomic mass is 10.1. The van der Waals surface area contributed by atoms with Crippen LogP contribution in [0, 0.1) is 5.92 Å². The van der Waals surface area contributed by atoms with Crippen molar-refractivity contribution in [3.8, 4) is 11.5 Å². The molecule has 1 atom stereocenters. The molecular weight excluding hydrogens is 254 g/mol. The van der Waals surface area contributed by atoms with E-state index in [0.29, 0.717) is 32.0 Å². The van der Waals surface area contributed by atoms with E-state index in [1.165, 1.54) is 0 Å². The lowest BCUT2D eigenvalue weighted by Gasteiger charge is -2.31. The zero-order valence-electron chi connectivity index (χ0n) is 12.5. The molecule has 0 fully saturated rings. The Kier molecular flexibility index (Phi) is 4.88. The van der Waals surface area contributed by atoms with Crippen molar-refractivity contribution in [3.63, 3.8) is 0 Å². The van der Waals surface area contributed by atoms with Crippen molar-refractivity contribution in [2.75, 3.05) is 19.7 Å². The first-order valence-electron chi connectivity index (χ1n) is 7.26. The number of nitrogens with zero attached hydrogens (tertiary/aromatic N) is 1. The van der Waals surface area contributed by atoms with Gasteiger partial charge in [0.15, 0.2) is 17.6 Å². The highest BCUT2D eigenvalue weighted by molar-refractivity contribution is 5.76. The van der Waals surface area contributed by atoms with Gasteiger partial charge in [-0.25, -0.2) is 0 Å². The Morgan fingerprint density at radius 3 is 2.70 bits per heavy atom. The summed E-state index contributed by atoms with van der Waals surface area (Å²) in [6.45, 7) is 7.88. The molecule has 1 aromatic rings. The molecule has 4 heteroatoms. The second-order valence-corrected chi connectivity index (χ2v) is 5.53. The summed E-state index contributed by atoms with van der Waals surface area (Å²) in [5.74, 6) is 2.10. The molecule has 1 aliphatic rings. The first-order valence-corrected chi connectivity index (χ1v) is 7.26. The number of rotatable bonds is 5. The predicted molar refractivity (Wildman–Crippen MR) is 78.1 cm³/mol. The summed E-state index contributed by atoms with van der Waals surface area (Å²) in [5.41, 5.74) is 0. The Balaban J connectivity index is 1.95. The maximum Gasteiger partial charge on any atom is 0.222 e. The lowest BCUT2D eigenvalue weighted by molar-refractivity contribution is -0.133. The number of ether oxygens (including phenoxy) is 2. The number of fused-ring (bicyclic) bond motifs is 1. The van der Waals surface area contributed by atoms with Crippen LogP contribution in [0.5, 0.6) is 11.5 Å². The van der Waals surface area contributed by atoms with Gasteiger partial charge in [0.1, 0.15) is 6.61 Å². The van der Waals surface area contributed by atoms with Crippen LogP contribution in [0.4, 0.5) is 0 Å². The number of amides is 1. The standard InChI is InChI=1S/C16H23NO3/c1-4-17(16(18)9-12(2)3)10-13-11-19-14-7-5-6-8-15(14)20-13/h5-8,12-13H,4,9-11H2,1-3H3/t13-/m0/s1. The van der Waals surface area contributed by atoms with Crippen LogP contribution in [0.15, 0.2) is 24.3 Å². The van der Waals surface area contributed by atoms with Gasteiger partial charge in [0, 0.05) is 13.0 Å². The monoisotopic (exact) mass is 277 g/mol. The van der Waals surface area contributed by atoms with E-state index in [1.54, 1.807) is 0 Å². The van der Waals surface area contributed by atoms with Gasteiger partial charge in [-0.2, -0.15) is 0 Å². The Morgan fingerprint density at radius 2 is 2.05 bits per heavy atom. The molecule has 1 heterocycles. The van der Waals surface area contributed by atoms with Crippen LogP contribution in [0.25, 0.3) is 0 Å².